The van der Waals surface area contributed by atoms with Gasteiger partial charge in [-0.3, -0.25) is 0 Å². The van der Waals surface area contributed by atoms with E-state index in [0.717, 1.165) is 72.8 Å². The Hall–Kier alpha value is -2.57. The standard InChI is InChI=1S/C26H28Cl2FN5/c1-17-6-5-11-34(17)26-30-23(19-9-10-22(29)21(28)14-19)15-25(31-26)33-13-12-32(16-18(33)2)24-8-4-3-7-20(24)27/h3-4,7-10,14-15,17-18H,5-6,11-13,16H2,1-2H3/t17-,18-/m1/s1. The summed E-state index contributed by atoms with van der Waals surface area (Å²) in [5.74, 6) is 1.17. The molecule has 3 aromatic rings. The fourth-order valence-electron chi connectivity index (χ4n) is 4.96. The van der Waals surface area contributed by atoms with Crippen LogP contribution in [0.25, 0.3) is 11.3 Å². The van der Waals surface area contributed by atoms with Crippen LogP contribution in [0.2, 0.25) is 10.0 Å². The molecule has 34 heavy (non-hydrogen) atoms. The number of hydrogen-bond donors (Lipinski definition) is 0. The molecule has 5 nitrogen and oxygen atoms in total. The maximum atomic E-state index is 13.8. The van der Waals surface area contributed by atoms with Crippen molar-refractivity contribution in [1.82, 2.24) is 9.97 Å². The number of benzene rings is 2. The van der Waals surface area contributed by atoms with Crippen LogP contribution in [0.3, 0.4) is 0 Å². The normalized spacial score (nSPS) is 20.8. The van der Waals surface area contributed by atoms with Crippen LogP contribution >= 0.6 is 23.2 Å². The number of piperazine rings is 1. The lowest BCUT2D eigenvalue weighted by atomic mass is 10.1. The van der Waals surface area contributed by atoms with Crippen molar-refractivity contribution in [1.29, 1.82) is 0 Å². The van der Waals surface area contributed by atoms with Crippen molar-refractivity contribution in [2.24, 2.45) is 0 Å². The van der Waals surface area contributed by atoms with Gasteiger partial charge in [-0.25, -0.2) is 9.37 Å². The van der Waals surface area contributed by atoms with Crippen LogP contribution in [0.4, 0.5) is 21.8 Å². The number of para-hydroxylation sites is 1. The van der Waals surface area contributed by atoms with Crippen LogP contribution in [0.1, 0.15) is 26.7 Å². The van der Waals surface area contributed by atoms with E-state index >= 15 is 0 Å². The van der Waals surface area contributed by atoms with Crippen molar-refractivity contribution in [3.05, 3.63) is 64.4 Å². The molecule has 2 aliphatic heterocycles. The Labute approximate surface area is 210 Å². The third-order valence-corrected chi connectivity index (χ3v) is 7.45. The minimum Gasteiger partial charge on any atom is -0.367 e. The second kappa shape index (κ2) is 9.59. The van der Waals surface area contributed by atoms with Crippen molar-refractivity contribution >= 4 is 40.7 Å². The molecule has 2 aromatic carbocycles. The van der Waals surface area contributed by atoms with E-state index in [1.807, 2.05) is 24.3 Å². The van der Waals surface area contributed by atoms with Gasteiger partial charge in [-0.05, 0) is 57.0 Å². The summed E-state index contributed by atoms with van der Waals surface area (Å²) >= 11 is 12.6. The average molecular weight is 500 g/mol. The summed E-state index contributed by atoms with van der Waals surface area (Å²) in [5, 5.41) is 0.862. The van der Waals surface area contributed by atoms with Crippen molar-refractivity contribution in [3.8, 4) is 11.3 Å². The monoisotopic (exact) mass is 499 g/mol. The molecule has 0 radical (unpaired) electrons. The summed E-state index contributed by atoms with van der Waals surface area (Å²) in [6, 6.07) is 15.3. The molecule has 2 atom stereocenters. The van der Waals surface area contributed by atoms with Crippen LogP contribution in [-0.4, -0.2) is 48.2 Å². The number of nitrogens with zero attached hydrogens (tertiary/aromatic N) is 5. The first-order valence-corrected chi connectivity index (χ1v) is 12.5. The van der Waals surface area contributed by atoms with E-state index in [9.17, 15) is 4.39 Å². The summed E-state index contributed by atoms with van der Waals surface area (Å²) in [5.41, 5.74) is 2.60. The lowest BCUT2D eigenvalue weighted by molar-refractivity contribution is 0.545. The third-order valence-electron chi connectivity index (χ3n) is 6.84. The molecular formula is C26H28Cl2FN5. The number of rotatable bonds is 4. The summed E-state index contributed by atoms with van der Waals surface area (Å²) < 4.78 is 13.8. The van der Waals surface area contributed by atoms with Crippen LogP contribution in [0.5, 0.6) is 0 Å². The topological polar surface area (TPSA) is 35.5 Å². The van der Waals surface area contributed by atoms with E-state index in [4.69, 9.17) is 33.2 Å². The predicted molar refractivity (Wildman–Crippen MR) is 139 cm³/mol. The molecule has 0 N–H and O–H groups in total. The van der Waals surface area contributed by atoms with Gasteiger partial charge in [0, 0.05) is 49.9 Å². The van der Waals surface area contributed by atoms with E-state index in [1.54, 1.807) is 12.1 Å². The molecule has 3 heterocycles. The maximum Gasteiger partial charge on any atom is 0.228 e. The van der Waals surface area contributed by atoms with E-state index in [0.29, 0.717) is 6.04 Å². The highest BCUT2D eigenvalue weighted by Gasteiger charge is 2.29. The van der Waals surface area contributed by atoms with Gasteiger partial charge in [0.25, 0.3) is 0 Å². The first-order valence-electron chi connectivity index (χ1n) is 11.8. The predicted octanol–water partition coefficient (Wildman–Crippen LogP) is 6.29. The zero-order valence-corrected chi connectivity index (χ0v) is 20.9. The summed E-state index contributed by atoms with van der Waals surface area (Å²) in [6.07, 6.45) is 2.25. The molecule has 0 saturated carbocycles. The molecule has 2 saturated heterocycles. The second-order valence-electron chi connectivity index (χ2n) is 9.16. The first-order chi connectivity index (χ1) is 16.4. The largest absolute Gasteiger partial charge is 0.367 e. The third kappa shape index (κ3) is 4.53. The van der Waals surface area contributed by atoms with Crippen molar-refractivity contribution in [2.45, 2.75) is 38.8 Å². The molecule has 0 spiro atoms. The van der Waals surface area contributed by atoms with E-state index in [-0.39, 0.29) is 11.1 Å². The average Bonchev–Trinajstić information content (AvgIpc) is 3.26. The fraction of sp³-hybridized carbons (Fsp3) is 0.385. The van der Waals surface area contributed by atoms with Crippen LogP contribution in [0, 0.1) is 5.82 Å². The highest BCUT2D eigenvalue weighted by atomic mass is 35.5. The molecule has 178 valence electrons. The van der Waals surface area contributed by atoms with Gasteiger partial charge in [0.1, 0.15) is 11.6 Å². The molecule has 1 aromatic heterocycles. The van der Waals surface area contributed by atoms with Gasteiger partial charge in [0.2, 0.25) is 5.95 Å². The molecular weight excluding hydrogens is 472 g/mol. The molecule has 2 aliphatic rings. The van der Waals surface area contributed by atoms with Crippen LogP contribution in [-0.2, 0) is 0 Å². The molecule has 8 heteroatoms. The number of aromatic nitrogens is 2. The summed E-state index contributed by atoms with van der Waals surface area (Å²) in [4.78, 5) is 16.8. The van der Waals surface area contributed by atoms with Gasteiger partial charge in [0.15, 0.2) is 0 Å². The molecule has 0 bridgehead atoms. The van der Waals surface area contributed by atoms with Gasteiger partial charge in [0.05, 0.1) is 21.4 Å². The van der Waals surface area contributed by atoms with Crippen molar-refractivity contribution < 1.29 is 4.39 Å². The molecule has 0 amide bonds. The van der Waals surface area contributed by atoms with Gasteiger partial charge in [-0.15, -0.1) is 0 Å². The summed E-state index contributed by atoms with van der Waals surface area (Å²) in [6.45, 7) is 7.83. The van der Waals surface area contributed by atoms with Crippen molar-refractivity contribution in [3.63, 3.8) is 0 Å². The smallest absolute Gasteiger partial charge is 0.228 e. The number of halogens is 3. The molecule has 0 unspecified atom stereocenters. The van der Waals surface area contributed by atoms with Gasteiger partial charge < -0.3 is 14.7 Å². The molecule has 2 fully saturated rings. The second-order valence-corrected chi connectivity index (χ2v) is 9.98. The fourth-order valence-corrected chi connectivity index (χ4v) is 5.39. The van der Waals surface area contributed by atoms with Gasteiger partial charge >= 0.3 is 0 Å². The Balaban J connectivity index is 1.49. The lowest BCUT2D eigenvalue weighted by Gasteiger charge is -2.42. The Bertz CT molecular complexity index is 1190. The van der Waals surface area contributed by atoms with Gasteiger partial charge in [-0.2, -0.15) is 4.98 Å². The minimum atomic E-state index is -0.433. The highest BCUT2D eigenvalue weighted by molar-refractivity contribution is 6.33. The maximum absolute atomic E-state index is 13.8. The van der Waals surface area contributed by atoms with E-state index < -0.39 is 5.82 Å². The summed E-state index contributed by atoms with van der Waals surface area (Å²) in [7, 11) is 0. The zero-order valence-electron chi connectivity index (χ0n) is 19.4. The van der Waals surface area contributed by atoms with Crippen LogP contribution < -0.4 is 14.7 Å². The Kier molecular flexibility index (Phi) is 6.54. The zero-order chi connectivity index (χ0) is 23.8. The molecule has 5 rings (SSSR count). The number of anilines is 3. The van der Waals surface area contributed by atoms with Crippen LogP contribution in [0.15, 0.2) is 48.5 Å². The highest BCUT2D eigenvalue weighted by Crippen LogP contribution is 2.33. The van der Waals surface area contributed by atoms with E-state index in [1.165, 1.54) is 6.07 Å². The van der Waals surface area contributed by atoms with E-state index in [2.05, 4.69) is 34.6 Å². The van der Waals surface area contributed by atoms with Crippen molar-refractivity contribution in [2.75, 3.05) is 40.9 Å². The first kappa shape index (κ1) is 23.2. The lowest BCUT2D eigenvalue weighted by Crippen LogP contribution is -2.52. The Morgan fingerprint density at radius 2 is 1.71 bits per heavy atom. The minimum absolute atomic E-state index is 0.0930. The Morgan fingerprint density at radius 1 is 0.882 bits per heavy atom. The Morgan fingerprint density at radius 3 is 2.41 bits per heavy atom. The molecule has 0 aliphatic carbocycles. The van der Waals surface area contributed by atoms with Gasteiger partial charge in [-0.1, -0.05) is 35.3 Å². The SMILES string of the molecule is C[C@@H]1CN(c2ccccc2Cl)CCN1c1cc(-c2ccc(F)c(Cl)c2)nc(N2CCC[C@H]2C)n1. The quantitative estimate of drug-likeness (QED) is 0.421. The number of hydrogen-bond acceptors (Lipinski definition) is 5.